The Labute approximate surface area is 176 Å². The summed E-state index contributed by atoms with van der Waals surface area (Å²) in [5.41, 5.74) is 0.118. The number of ether oxygens (including phenoxy) is 2. The van der Waals surface area contributed by atoms with E-state index in [0.717, 1.165) is 18.2 Å². The molecule has 0 bridgehead atoms. The van der Waals surface area contributed by atoms with E-state index in [4.69, 9.17) is 14.6 Å². The monoisotopic (exact) mass is 449 g/mol. The molecule has 0 heterocycles. The zero-order valence-corrected chi connectivity index (χ0v) is 16.7. The summed E-state index contributed by atoms with van der Waals surface area (Å²) < 4.78 is 65.8. The molecule has 0 saturated heterocycles. The van der Waals surface area contributed by atoms with Gasteiger partial charge < -0.3 is 14.6 Å². The molecule has 0 radical (unpaired) electrons. The van der Waals surface area contributed by atoms with Gasteiger partial charge in [-0.1, -0.05) is 18.2 Å². The number of carbonyl (C=O) groups is 1. The van der Waals surface area contributed by atoms with E-state index in [9.17, 15) is 22.0 Å². The summed E-state index contributed by atoms with van der Waals surface area (Å²) in [6.45, 7) is 0.100. The summed E-state index contributed by atoms with van der Waals surface area (Å²) in [4.78, 5) is 9.75. The van der Waals surface area contributed by atoms with Gasteiger partial charge in [-0.05, 0) is 48.5 Å². The van der Waals surface area contributed by atoms with Gasteiger partial charge in [-0.3, -0.25) is 4.72 Å². The van der Waals surface area contributed by atoms with Crippen molar-refractivity contribution in [1.82, 2.24) is 0 Å². The van der Waals surface area contributed by atoms with Crippen LogP contribution < -0.4 is 14.2 Å². The molecule has 0 spiro atoms. The van der Waals surface area contributed by atoms with Gasteiger partial charge in [0.25, 0.3) is 10.0 Å². The highest BCUT2D eigenvalue weighted by molar-refractivity contribution is 7.92. The lowest BCUT2D eigenvalue weighted by molar-refractivity contribution is 0.0696. The maximum Gasteiger partial charge on any atom is 0.335 e. The molecule has 0 aromatic heterocycles. The van der Waals surface area contributed by atoms with Gasteiger partial charge in [0.2, 0.25) is 0 Å². The van der Waals surface area contributed by atoms with Crippen LogP contribution in [0.4, 0.5) is 14.5 Å². The molecule has 0 atom stereocenters. The van der Waals surface area contributed by atoms with E-state index >= 15 is 0 Å². The molecule has 0 unspecified atom stereocenters. The van der Waals surface area contributed by atoms with Crippen molar-refractivity contribution < 1.29 is 36.6 Å². The van der Waals surface area contributed by atoms with Gasteiger partial charge in [0.05, 0.1) is 11.3 Å². The van der Waals surface area contributed by atoms with Gasteiger partial charge in [0, 0.05) is 0 Å². The van der Waals surface area contributed by atoms with Crippen molar-refractivity contribution in [2.24, 2.45) is 0 Å². The van der Waals surface area contributed by atoms with Crippen LogP contribution in [0.5, 0.6) is 11.5 Å². The van der Waals surface area contributed by atoms with Crippen molar-refractivity contribution in [2.75, 3.05) is 17.9 Å². The molecule has 3 aromatic carbocycles. The van der Waals surface area contributed by atoms with E-state index in [1.54, 1.807) is 6.07 Å². The number of rotatable bonds is 9. The van der Waals surface area contributed by atoms with Crippen molar-refractivity contribution in [3.63, 3.8) is 0 Å². The third-order valence-corrected chi connectivity index (χ3v) is 5.45. The molecule has 2 N–H and O–H groups in total. The quantitative estimate of drug-likeness (QED) is 0.480. The van der Waals surface area contributed by atoms with E-state index in [1.807, 2.05) is 0 Å². The minimum atomic E-state index is -4.54. The standard InChI is InChI=1S/C21H17F2NO6S/c22-16-4-3-5-17(23)20(16)31(27,28)24-18-6-1-2-7-19(18)30-13-12-29-15-10-8-14(9-11-15)21(25)26/h1-11,24H,12-13H2,(H,25,26). The second kappa shape index (κ2) is 9.43. The Balaban J connectivity index is 1.65. The smallest absolute Gasteiger partial charge is 0.335 e. The number of hydrogen-bond acceptors (Lipinski definition) is 5. The average Bonchev–Trinajstić information content (AvgIpc) is 2.72. The fourth-order valence-electron chi connectivity index (χ4n) is 2.62. The molecule has 3 rings (SSSR count). The molecule has 162 valence electrons. The number of hydrogen-bond donors (Lipinski definition) is 2. The van der Waals surface area contributed by atoms with Crippen molar-refractivity contribution >= 4 is 21.7 Å². The number of para-hydroxylation sites is 2. The van der Waals surface area contributed by atoms with Crippen LogP contribution in [-0.4, -0.2) is 32.7 Å². The molecule has 0 amide bonds. The first-order chi connectivity index (χ1) is 14.8. The molecule has 0 aliphatic carbocycles. The van der Waals surface area contributed by atoms with Gasteiger partial charge in [-0.15, -0.1) is 0 Å². The van der Waals surface area contributed by atoms with Crippen LogP contribution in [0.3, 0.4) is 0 Å². The van der Waals surface area contributed by atoms with Crippen molar-refractivity contribution in [1.29, 1.82) is 0 Å². The van der Waals surface area contributed by atoms with Crippen LogP contribution >= 0.6 is 0 Å². The maximum atomic E-state index is 13.9. The number of aromatic carboxylic acids is 1. The third-order valence-electron chi connectivity index (χ3n) is 4.03. The fourth-order valence-corrected chi connectivity index (χ4v) is 3.83. The second-order valence-electron chi connectivity index (χ2n) is 6.18. The minimum Gasteiger partial charge on any atom is -0.490 e. The van der Waals surface area contributed by atoms with E-state index < -0.39 is 32.5 Å². The number of halogens is 2. The first kappa shape index (κ1) is 22.0. The van der Waals surface area contributed by atoms with Gasteiger partial charge in [0.1, 0.15) is 36.3 Å². The van der Waals surface area contributed by atoms with Crippen molar-refractivity contribution in [3.8, 4) is 11.5 Å². The highest BCUT2D eigenvalue weighted by Crippen LogP contribution is 2.28. The largest absolute Gasteiger partial charge is 0.490 e. The van der Waals surface area contributed by atoms with E-state index in [-0.39, 0.29) is 30.2 Å². The summed E-state index contributed by atoms with van der Waals surface area (Å²) in [6.07, 6.45) is 0. The summed E-state index contributed by atoms with van der Waals surface area (Å²) in [7, 11) is -4.54. The number of anilines is 1. The van der Waals surface area contributed by atoms with Gasteiger partial charge >= 0.3 is 5.97 Å². The number of nitrogens with one attached hydrogen (secondary N) is 1. The Morgan fingerprint density at radius 2 is 1.48 bits per heavy atom. The lowest BCUT2D eigenvalue weighted by Gasteiger charge is -2.14. The second-order valence-corrected chi connectivity index (χ2v) is 7.80. The Morgan fingerprint density at radius 1 is 0.871 bits per heavy atom. The predicted molar refractivity (Wildman–Crippen MR) is 108 cm³/mol. The summed E-state index contributed by atoms with van der Waals surface area (Å²) in [5.74, 6) is -2.92. The molecule has 0 fully saturated rings. The van der Waals surface area contributed by atoms with Crippen molar-refractivity contribution in [3.05, 3.63) is 83.9 Å². The number of sulfonamides is 1. The molecule has 10 heteroatoms. The van der Waals surface area contributed by atoms with Gasteiger partial charge in [0.15, 0.2) is 4.90 Å². The predicted octanol–water partition coefficient (Wildman–Crippen LogP) is 3.92. The third kappa shape index (κ3) is 5.48. The van der Waals surface area contributed by atoms with Crippen LogP contribution in [0.25, 0.3) is 0 Å². The number of carboxylic acid groups (broad SMARTS) is 1. The summed E-state index contributed by atoms with van der Waals surface area (Å²) in [6, 6.07) is 14.5. The van der Waals surface area contributed by atoms with Crippen LogP contribution in [0.1, 0.15) is 10.4 Å². The summed E-state index contributed by atoms with van der Waals surface area (Å²) in [5, 5.41) is 8.87. The zero-order chi connectivity index (χ0) is 22.4. The lowest BCUT2D eigenvalue weighted by atomic mass is 10.2. The van der Waals surface area contributed by atoms with E-state index in [0.29, 0.717) is 5.75 Å². The van der Waals surface area contributed by atoms with Gasteiger partial charge in [-0.25, -0.2) is 22.0 Å². The van der Waals surface area contributed by atoms with Crippen LogP contribution in [-0.2, 0) is 10.0 Å². The fraction of sp³-hybridized carbons (Fsp3) is 0.0952. The number of benzene rings is 3. The highest BCUT2D eigenvalue weighted by atomic mass is 32.2. The van der Waals surface area contributed by atoms with E-state index in [1.165, 1.54) is 42.5 Å². The molecular weight excluding hydrogens is 432 g/mol. The Bertz CT molecular complexity index is 1160. The molecule has 3 aromatic rings. The molecular formula is C21H17F2NO6S. The number of carboxylic acids is 1. The normalized spacial score (nSPS) is 11.0. The van der Waals surface area contributed by atoms with Crippen LogP contribution in [0, 0.1) is 11.6 Å². The minimum absolute atomic E-state index is 0.00374. The van der Waals surface area contributed by atoms with Crippen LogP contribution in [0.2, 0.25) is 0 Å². The Hall–Kier alpha value is -3.66. The topological polar surface area (TPSA) is 102 Å². The first-order valence-electron chi connectivity index (χ1n) is 8.93. The molecule has 0 aliphatic rings. The SMILES string of the molecule is O=C(O)c1ccc(OCCOc2ccccc2NS(=O)(=O)c2c(F)cccc2F)cc1. The molecule has 0 saturated carbocycles. The average molecular weight is 449 g/mol. The maximum absolute atomic E-state index is 13.9. The van der Waals surface area contributed by atoms with Crippen LogP contribution in [0.15, 0.2) is 71.6 Å². The Kier molecular flexibility index (Phi) is 6.71. The lowest BCUT2D eigenvalue weighted by Crippen LogP contribution is -2.17. The van der Waals surface area contributed by atoms with Gasteiger partial charge in [-0.2, -0.15) is 0 Å². The highest BCUT2D eigenvalue weighted by Gasteiger charge is 2.24. The molecule has 0 aliphatic heterocycles. The van der Waals surface area contributed by atoms with E-state index in [2.05, 4.69) is 4.72 Å². The van der Waals surface area contributed by atoms with Crippen molar-refractivity contribution in [2.45, 2.75) is 4.90 Å². The molecule has 7 nitrogen and oxygen atoms in total. The summed E-state index contributed by atoms with van der Waals surface area (Å²) >= 11 is 0. The molecule has 31 heavy (non-hydrogen) atoms. The first-order valence-corrected chi connectivity index (χ1v) is 10.4. The Morgan fingerprint density at radius 3 is 2.13 bits per heavy atom. The zero-order valence-electron chi connectivity index (χ0n) is 15.9.